The molecule has 7 nitrogen and oxygen atoms in total. The molecule has 1 saturated carbocycles. The number of hydrogen-bond acceptors (Lipinski definition) is 4. The van der Waals surface area contributed by atoms with Gasteiger partial charge in [-0.25, -0.2) is 18.6 Å². The van der Waals surface area contributed by atoms with Gasteiger partial charge in [0.1, 0.15) is 0 Å². The number of fused-ring (bicyclic) bond motifs is 2. The monoisotopic (exact) mass is 440 g/mol. The van der Waals surface area contributed by atoms with Crippen molar-refractivity contribution >= 4 is 28.0 Å². The van der Waals surface area contributed by atoms with Crippen LogP contribution in [-0.4, -0.2) is 41.5 Å². The van der Waals surface area contributed by atoms with Crippen LogP contribution in [0.2, 0.25) is 0 Å². The Morgan fingerprint density at radius 3 is 2.72 bits per heavy atom. The number of halogens is 2. The molecule has 1 fully saturated rings. The van der Waals surface area contributed by atoms with Crippen LogP contribution in [-0.2, 0) is 4.79 Å². The molecule has 5 rings (SSSR count). The van der Waals surface area contributed by atoms with Gasteiger partial charge in [-0.15, -0.1) is 0 Å². The van der Waals surface area contributed by atoms with E-state index < -0.39 is 23.2 Å². The van der Waals surface area contributed by atoms with Gasteiger partial charge in [-0.2, -0.15) is 5.10 Å². The topological polar surface area (TPSA) is 104 Å². The summed E-state index contributed by atoms with van der Waals surface area (Å²) in [5, 5.41) is 27.8. The molecule has 0 spiro atoms. The lowest BCUT2D eigenvalue weighted by atomic mass is 9.90. The molecule has 166 valence electrons. The van der Waals surface area contributed by atoms with E-state index in [0.717, 1.165) is 28.8 Å². The van der Waals surface area contributed by atoms with E-state index in [0.29, 0.717) is 28.8 Å². The lowest BCUT2D eigenvalue weighted by Gasteiger charge is -2.20. The molecule has 0 saturated heterocycles. The Labute approximate surface area is 181 Å². The number of carbonyl (C=O) groups is 1. The number of carboxylic acid groups (broad SMARTS) is 1. The van der Waals surface area contributed by atoms with Gasteiger partial charge in [-0.1, -0.05) is 13.8 Å². The number of rotatable bonds is 4. The Kier molecular flexibility index (Phi) is 4.56. The molecule has 1 aliphatic carbocycles. The molecule has 2 atom stereocenters. The number of nitrogens with zero attached hydrogens (tertiary/aromatic N) is 3. The molecule has 3 heterocycles. The number of benzene rings is 1. The van der Waals surface area contributed by atoms with Gasteiger partial charge >= 0.3 is 5.97 Å². The lowest BCUT2D eigenvalue weighted by molar-refractivity contribution is -0.157. The maximum Gasteiger partial charge on any atom is 0.335 e. The molecule has 0 aliphatic heterocycles. The zero-order valence-electron chi connectivity index (χ0n) is 17.6. The van der Waals surface area contributed by atoms with Crippen molar-refractivity contribution in [1.29, 1.82) is 0 Å². The first-order valence-electron chi connectivity index (χ1n) is 10.5. The molecule has 0 bridgehead atoms. The van der Waals surface area contributed by atoms with Crippen molar-refractivity contribution in [3.05, 3.63) is 53.4 Å². The van der Waals surface area contributed by atoms with E-state index in [-0.39, 0.29) is 24.7 Å². The highest BCUT2D eigenvalue weighted by Gasteiger charge is 2.46. The first kappa shape index (κ1) is 20.6. The average molecular weight is 440 g/mol. The Balaban J connectivity index is 1.84. The van der Waals surface area contributed by atoms with Crippen LogP contribution in [0, 0.1) is 11.6 Å². The molecule has 1 aromatic carbocycles. The molecule has 3 N–H and O–H groups in total. The van der Waals surface area contributed by atoms with Gasteiger partial charge in [0.15, 0.2) is 22.9 Å². The number of aromatic amines is 1. The minimum atomic E-state index is -1.80. The number of aliphatic hydroxyl groups is 1. The fourth-order valence-electron chi connectivity index (χ4n) is 4.95. The number of carboxylic acids is 1. The van der Waals surface area contributed by atoms with Crippen molar-refractivity contribution in [2.75, 3.05) is 0 Å². The summed E-state index contributed by atoms with van der Waals surface area (Å²) in [5.41, 5.74) is 2.20. The predicted molar refractivity (Wildman–Crippen MR) is 114 cm³/mol. The summed E-state index contributed by atoms with van der Waals surface area (Å²) < 4.78 is 29.7. The molecular weight excluding hydrogens is 418 g/mol. The third kappa shape index (κ3) is 2.99. The number of nitrogens with one attached hydrogen (secondary N) is 1. The van der Waals surface area contributed by atoms with E-state index in [1.807, 2.05) is 24.5 Å². The van der Waals surface area contributed by atoms with Crippen LogP contribution in [0.4, 0.5) is 8.78 Å². The maximum absolute atomic E-state index is 14.2. The van der Waals surface area contributed by atoms with Crippen LogP contribution in [0.25, 0.3) is 27.8 Å². The summed E-state index contributed by atoms with van der Waals surface area (Å²) in [4.78, 5) is 16.4. The summed E-state index contributed by atoms with van der Waals surface area (Å²) in [5.74, 6) is -3.43. The smallest absolute Gasteiger partial charge is 0.335 e. The van der Waals surface area contributed by atoms with Gasteiger partial charge in [0.25, 0.3) is 0 Å². The van der Waals surface area contributed by atoms with Gasteiger partial charge < -0.3 is 14.8 Å². The predicted octanol–water partition coefficient (Wildman–Crippen LogP) is 4.39. The van der Waals surface area contributed by atoms with E-state index in [4.69, 9.17) is 4.98 Å². The highest BCUT2D eigenvalue weighted by Crippen LogP contribution is 2.47. The number of aromatic nitrogens is 4. The van der Waals surface area contributed by atoms with Crippen molar-refractivity contribution in [3.63, 3.8) is 0 Å². The highest BCUT2D eigenvalue weighted by molar-refractivity contribution is 5.94. The molecule has 0 unspecified atom stereocenters. The quantitative estimate of drug-likeness (QED) is 0.437. The molecule has 9 heteroatoms. The van der Waals surface area contributed by atoms with Crippen molar-refractivity contribution < 1.29 is 23.8 Å². The van der Waals surface area contributed by atoms with Gasteiger partial charge in [0.05, 0.1) is 17.2 Å². The van der Waals surface area contributed by atoms with Crippen LogP contribution in [0.5, 0.6) is 0 Å². The fraction of sp³-hybridized carbons (Fsp3) is 0.348. The van der Waals surface area contributed by atoms with E-state index in [1.165, 1.54) is 6.07 Å². The van der Waals surface area contributed by atoms with E-state index in [1.54, 1.807) is 6.20 Å². The summed E-state index contributed by atoms with van der Waals surface area (Å²) in [6, 6.07) is 5.63. The van der Waals surface area contributed by atoms with Gasteiger partial charge in [-0.05, 0) is 49.3 Å². The normalized spacial score (nSPS) is 21.2. The molecule has 1 aliphatic rings. The standard InChI is InChI=1S/C23H22F2N4O3/c1-11(2)20-18(12-5-6-23(32,9-12)22(30)31)19-17(7-13-10-26-28-21(13)27-19)29(20)14-3-4-15(24)16(25)8-14/h3-4,7-8,10-12,32H,5-6,9H2,1-2H3,(H,30,31)(H,26,27,28)/t12-,23+/m1/s1. The second-order valence-corrected chi connectivity index (χ2v) is 8.83. The van der Waals surface area contributed by atoms with E-state index in [2.05, 4.69) is 10.2 Å². The van der Waals surface area contributed by atoms with Gasteiger partial charge in [0.2, 0.25) is 0 Å². The van der Waals surface area contributed by atoms with Crippen molar-refractivity contribution in [3.8, 4) is 5.69 Å². The number of hydrogen-bond donors (Lipinski definition) is 3. The fourth-order valence-corrected chi connectivity index (χ4v) is 4.95. The highest BCUT2D eigenvalue weighted by atomic mass is 19.2. The molecule has 4 aromatic rings. The lowest BCUT2D eigenvalue weighted by Crippen LogP contribution is -2.35. The molecule has 3 aromatic heterocycles. The minimum Gasteiger partial charge on any atom is -0.479 e. The number of aliphatic carboxylic acids is 1. The van der Waals surface area contributed by atoms with Crippen LogP contribution >= 0.6 is 0 Å². The van der Waals surface area contributed by atoms with E-state index in [9.17, 15) is 23.8 Å². The van der Waals surface area contributed by atoms with E-state index >= 15 is 0 Å². The number of H-pyrrole nitrogens is 1. The first-order valence-corrected chi connectivity index (χ1v) is 10.5. The van der Waals surface area contributed by atoms with Gasteiger partial charge in [-0.3, -0.25) is 5.10 Å². The summed E-state index contributed by atoms with van der Waals surface area (Å²) in [6.07, 6.45) is 2.30. The maximum atomic E-state index is 14.2. The zero-order valence-corrected chi connectivity index (χ0v) is 17.6. The van der Waals surface area contributed by atoms with Crippen LogP contribution in [0.3, 0.4) is 0 Å². The average Bonchev–Trinajstić information content (AvgIpc) is 3.43. The molecule has 0 amide bonds. The van der Waals surface area contributed by atoms with Crippen molar-refractivity contribution in [2.24, 2.45) is 0 Å². The van der Waals surface area contributed by atoms with Crippen LogP contribution in [0.15, 0.2) is 30.5 Å². The SMILES string of the molecule is CC(C)c1c([C@@H]2CC[C@@](O)(C(=O)O)C2)c2nc3[nH]ncc3cc2n1-c1ccc(F)c(F)c1. The molecular formula is C23H22F2N4O3. The molecule has 32 heavy (non-hydrogen) atoms. The Bertz CT molecular complexity index is 1380. The van der Waals surface area contributed by atoms with Crippen LogP contribution < -0.4 is 0 Å². The minimum absolute atomic E-state index is 0.0395. The largest absolute Gasteiger partial charge is 0.479 e. The Morgan fingerprint density at radius 2 is 2.06 bits per heavy atom. The second kappa shape index (κ2) is 7.09. The Hall–Kier alpha value is -3.33. The summed E-state index contributed by atoms with van der Waals surface area (Å²) in [7, 11) is 0. The Morgan fingerprint density at radius 1 is 1.28 bits per heavy atom. The second-order valence-electron chi connectivity index (χ2n) is 8.83. The third-order valence-electron chi connectivity index (χ3n) is 6.42. The number of pyridine rings is 1. The molecule has 0 radical (unpaired) electrons. The van der Waals surface area contributed by atoms with Gasteiger partial charge in [0, 0.05) is 28.4 Å². The zero-order chi connectivity index (χ0) is 22.8. The summed E-state index contributed by atoms with van der Waals surface area (Å²) in [6.45, 7) is 3.97. The van der Waals surface area contributed by atoms with Crippen molar-refractivity contribution in [2.45, 2.75) is 50.5 Å². The van der Waals surface area contributed by atoms with Crippen molar-refractivity contribution in [1.82, 2.24) is 19.7 Å². The van der Waals surface area contributed by atoms with Crippen LogP contribution in [0.1, 0.15) is 56.2 Å². The summed E-state index contributed by atoms with van der Waals surface area (Å²) >= 11 is 0. The third-order valence-corrected chi connectivity index (χ3v) is 6.42. The first-order chi connectivity index (χ1) is 15.2.